The molecule has 0 saturated heterocycles. The molecular formula is C14H19ClF2N4O2. The van der Waals surface area contributed by atoms with Gasteiger partial charge >= 0.3 is 0 Å². The van der Waals surface area contributed by atoms with Crippen LogP contribution in [-0.4, -0.2) is 43.7 Å². The summed E-state index contributed by atoms with van der Waals surface area (Å²) in [4.78, 5) is 12.7. The van der Waals surface area contributed by atoms with Crippen molar-refractivity contribution in [2.24, 2.45) is 5.10 Å². The lowest BCUT2D eigenvalue weighted by Crippen LogP contribution is -2.53. The quantitative estimate of drug-likeness (QED) is 0.909. The molecule has 1 N–H and O–H groups in total. The van der Waals surface area contributed by atoms with Crippen LogP contribution in [0.2, 0.25) is 5.02 Å². The van der Waals surface area contributed by atoms with Gasteiger partial charge in [0.1, 0.15) is 6.04 Å². The highest BCUT2D eigenvalue weighted by Crippen LogP contribution is 2.34. The zero-order valence-electron chi connectivity index (χ0n) is 13.3. The molecule has 0 aromatic carbocycles. The van der Waals surface area contributed by atoms with Crippen molar-refractivity contribution in [3.63, 3.8) is 0 Å². The number of alkyl halides is 2. The van der Waals surface area contributed by atoms with Crippen LogP contribution in [0.5, 0.6) is 0 Å². The van der Waals surface area contributed by atoms with Gasteiger partial charge in [0, 0.05) is 12.1 Å². The molecule has 2 atom stereocenters. The highest BCUT2D eigenvalue weighted by Gasteiger charge is 2.52. The SMILES string of the molecule is CC[C@@H](C(=O)N1N=C(C)C[C@]1(O)C(F)F)n1nc(C)c(Cl)c1C. The number of hydrazone groups is 1. The third kappa shape index (κ3) is 2.85. The number of aliphatic hydroxyl groups is 1. The summed E-state index contributed by atoms with van der Waals surface area (Å²) >= 11 is 6.09. The van der Waals surface area contributed by atoms with Gasteiger partial charge in [-0.3, -0.25) is 9.48 Å². The lowest BCUT2D eigenvalue weighted by molar-refractivity contribution is -0.194. The zero-order chi connectivity index (χ0) is 17.5. The summed E-state index contributed by atoms with van der Waals surface area (Å²) < 4.78 is 27.9. The van der Waals surface area contributed by atoms with Crippen LogP contribution in [0.3, 0.4) is 0 Å². The van der Waals surface area contributed by atoms with Gasteiger partial charge in [-0.15, -0.1) is 0 Å². The largest absolute Gasteiger partial charge is 0.364 e. The molecule has 1 aromatic rings. The van der Waals surface area contributed by atoms with Gasteiger partial charge in [-0.25, -0.2) is 8.78 Å². The van der Waals surface area contributed by atoms with E-state index in [0.29, 0.717) is 27.8 Å². The molecule has 1 aliphatic heterocycles. The summed E-state index contributed by atoms with van der Waals surface area (Å²) in [6.45, 7) is 6.59. The molecule has 6 nitrogen and oxygen atoms in total. The zero-order valence-corrected chi connectivity index (χ0v) is 14.1. The summed E-state index contributed by atoms with van der Waals surface area (Å²) in [6.07, 6.45) is -3.22. The molecule has 0 radical (unpaired) electrons. The topological polar surface area (TPSA) is 70.7 Å². The summed E-state index contributed by atoms with van der Waals surface area (Å²) in [7, 11) is 0. The van der Waals surface area contributed by atoms with Gasteiger partial charge in [0.15, 0.2) is 0 Å². The lowest BCUT2D eigenvalue weighted by atomic mass is 10.1. The lowest BCUT2D eigenvalue weighted by Gasteiger charge is -2.32. The van der Waals surface area contributed by atoms with Crippen LogP contribution < -0.4 is 0 Å². The van der Waals surface area contributed by atoms with Crippen LogP contribution in [0.4, 0.5) is 8.78 Å². The van der Waals surface area contributed by atoms with Gasteiger partial charge in [-0.2, -0.15) is 15.2 Å². The van der Waals surface area contributed by atoms with Crippen molar-refractivity contribution in [1.29, 1.82) is 0 Å². The summed E-state index contributed by atoms with van der Waals surface area (Å²) in [6, 6.07) is -0.874. The minimum absolute atomic E-state index is 0.266. The third-order valence-electron chi connectivity index (χ3n) is 3.92. The van der Waals surface area contributed by atoms with E-state index in [4.69, 9.17) is 11.6 Å². The van der Waals surface area contributed by atoms with Gasteiger partial charge in [-0.1, -0.05) is 18.5 Å². The Hall–Kier alpha value is -1.54. The molecule has 0 fully saturated rings. The molecule has 1 amide bonds. The molecule has 0 aliphatic carbocycles. The second kappa shape index (κ2) is 6.16. The Labute approximate surface area is 137 Å². The van der Waals surface area contributed by atoms with Crippen molar-refractivity contribution in [2.45, 2.75) is 58.7 Å². The van der Waals surface area contributed by atoms with Crippen molar-refractivity contribution in [1.82, 2.24) is 14.8 Å². The van der Waals surface area contributed by atoms with Crippen LogP contribution in [-0.2, 0) is 4.79 Å². The maximum atomic E-state index is 13.3. The summed E-state index contributed by atoms with van der Waals surface area (Å²) in [5.74, 6) is -0.741. The number of amides is 1. The predicted molar refractivity (Wildman–Crippen MR) is 81.6 cm³/mol. The first-order valence-electron chi connectivity index (χ1n) is 7.23. The van der Waals surface area contributed by atoms with Crippen LogP contribution in [0, 0.1) is 13.8 Å². The van der Waals surface area contributed by atoms with Crippen LogP contribution in [0.15, 0.2) is 5.10 Å². The second-order valence-electron chi connectivity index (χ2n) is 5.69. The minimum atomic E-state index is -3.13. The highest BCUT2D eigenvalue weighted by atomic mass is 35.5. The Morgan fingerprint density at radius 1 is 1.43 bits per heavy atom. The Bertz CT molecular complexity index is 661. The number of rotatable bonds is 4. The summed E-state index contributed by atoms with van der Waals surface area (Å²) in [5.41, 5.74) is -1.25. The van der Waals surface area contributed by atoms with E-state index in [1.165, 1.54) is 11.6 Å². The summed E-state index contributed by atoms with van der Waals surface area (Å²) in [5, 5.41) is 19.1. The van der Waals surface area contributed by atoms with Crippen molar-refractivity contribution < 1.29 is 18.7 Å². The molecule has 0 spiro atoms. The fraction of sp³-hybridized carbons (Fsp3) is 0.643. The van der Waals surface area contributed by atoms with E-state index in [-0.39, 0.29) is 12.1 Å². The molecule has 128 valence electrons. The second-order valence-corrected chi connectivity index (χ2v) is 6.07. The maximum absolute atomic E-state index is 13.3. The minimum Gasteiger partial charge on any atom is -0.364 e. The monoisotopic (exact) mass is 348 g/mol. The number of aryl methyl sites for hydroxylation is 1. The van der Waals surface area contributed by atoms with E-state index in [1.807, 2.05) is 0 Å². The van der Waals surface area contributed by atoms with Crippen molar-refractivity contribution in [3.05, 3.63) is 16.4 Å². The first kappa shape index (κ1) is 17.8. The Morgan fingerprint density at radius 3 is 2.48 bits per heavy atom. The van der Waals surface area contributed by atoms with E-state index >= 15 is 0 Å². The molecule has 1 aliphatic rings. The molecule has 0 unspecified atom stereocenters. The van der Waals surface area contributed by atoms with Crippen LogP contribution in [0.1, 0.15) is 44.1 Å². The van der Waals surface area contributed by atoms with Gasteiger partial charge in [-0.05, 0) is 27.2 Å². The standard InChI is InChI=1S/C14H19ClF2N4O2/c1-5-10(20-9(4)11(15)8(3)19-20)12(22)21-14(23,13(16)17)6-7(2)18-21/h10,13,23H,5-6H2,1-4H3/t10-,14-/m0/s1. The van der Waals surface area contributed by atoms with Crippen molar-refractivity contribution >= 4 is 23.2 Å². The predicted octanol–water partition coefficient (Wildman–Crippen LogP) is 2.67. The molecule has 23 heavy (non-hydrogen) atoms. The first-order valence-corrected chi connectivity index (χ1v) is 7.61. The number of carbonyl (C=O) groups excluding carboxylic acids is 1. The number of halogens is 3. The average Bonchev–Trinajstić information content (AvgIpc) is 2.92. The molecule has 0 bridgehead atoms. The molecule has 1 aromatic heterocycles. The Balaban J connectivity index is 2.42. The number of aromatic nitrogens is 2. The van der Waals surface area contributed by atoms with E-state index in [0.717, 1.165) is 0 Å². The molecule has 2 rings (SSSR count). The first-order chi connectivity index (χ1) is 10.6. The Kier molecular flexibility index (Phi) is 4.77. The van der Waals surface area contributed by atoms with E-state index < -0.39 is 24.1 Å². The van der Waals surface area contributed by atoms with Crippen LogP contribution in [0.25, 0.3) is 0 Å². The smallest absolute Gasteiger partial charge is 0.287 e. The molecule has 2 heterocycles. The molecule has 0 saturated carbocycles. The number of hydrogen-bond acceptors (Lipinski definition) is 4. The molecular weight excluding hydrogens is 330 g/mol. The van der Waals surface area contributed by atoms with Crippen molar-refractivity contribution in [2.75, 3.05) is 0 Å². The van der Waals surface area contributed by atoms with Gasteiger partial charge in [0.05, 0.1) is 16.4 Å². The van der Waals surface area contributed by atoms with E-state index in [9.17, 15) is 18.7 Å². The fourth-order valence-corrected chi connectivity index (χ4v) is 2.82. The number of hydrogen-bond donors (Lipinski definition) is 1. The highest BCUT2D eigenvalue weighted by molar-refractivity contribution is 6.31. The average molecular weight is 349 g/mol. The Morgan fingerprint density at radius 2 is 2.04 bits per heavy atom. The number of nitrogens with zero attached hydrogens (tertiary/aromatic N) is 4. The van der Waals surface area contributed by atoms with Gasteiger partial charge in [0.25, 0.3) is 12.3 Å². The van der Waals surface area contributed by atoms with E-state index in [1.54, 1.807) is 20.8 Å². The normalized spacial score (nSPS) is 22.7. The van der Waals surface area contributed by atoms with E-state index in [2.05, 4.69) is 10.2 Å². The maximum Gasteiger partial charge on any atom is 0.287 e. The fourth-order valence-electron chi connectivity index (χ4n) is 2.69. The van der Waals surface area contributed by atoms with Crippen molar-refractivity contribution in [3.8, 4) is 0 Å². The molecule has 9 heteroatoms. The van der Waals surface area contributed by atoms with Crippen LogP contribution >= 0.6 is 11.6 Å². The number of carbonyl (C=O) groups is 1. The van der Waals surface area contributed by atoms with Gasteiger partial charge < -0.3 is 5.11 Å². The third-order valence-corrected chi connectivity index (χ3v) is 4.46. The van der Waals surface area contributed by atoms with Gasteiger partial charge in [0.2, 0.25) is 5.72 Å².